The molecule has 3 nitrogen and oxygen atoms in total. The fourth-order valence-electron chi connectivity index (χ4n) is 2.54. The third kappa shape index (κ3) is 2.79. The number of rotatable bonds is 3. The molecule has 0 amide bonds. The highest BCUT2D eigenvalue weighted by atomic mass is 35.5. The topological polar surface area (TPSA) is 48.1 Å². The Hall–Kier alpha value is -1.58. The smallest absolute Gasteiger partial charge is 0.223 e. The lowest BCUT2D eigenvalue weighted by Crippen LogP contribution is -2.10. The zero-order valence-electron chi connectivity index (χ0n) is 11.2. The van der Waals surface area contributed by atoms with Crippen molar-refractivity contribution in [3.63, 3.8) is 0 Å². The number of hydrogen-bond acceptors (Lipinski definition) is 3. The predicted molar refractivity (Wildman–Crippen MR) is 80.3 cm³/mol. The van der Waals surface area contributed by atoms with Crippen LogP contribution in [0.4, 0.5) is 0 Å². The molecule has 1 aliphatic carbocycles. The molecule has 1 heterocycles. The molecule has 0 aliphatic heterocycles. The van der Waals surface area contributed by atoms with E-state index in [4.69, 9.17) is 22.1 Å². The average molecular weight is 289 g/mol. The summed E-state index contributed by atoms with van der Waals surface area (Å²) in [6.45, 7) is 0.427. The molecule has 3 rings (SSSR count). The number of pyridine rings is 1. The highest BCUT2D eigenvalue weighted by molar-refractivity contribution is 6.30. The molecule has 104 valence electrons. The molecule has 0 unspecified atom stereocenters. The van der Waals surface area contributed by atoms with Crippen LogP contribution >= 0.6 is 11.6 Å². The van der Waals surface area contributed by atoms with E-state index in [1.807, 2.05) is 18.2 Å². The first-order valence-corrected chi connectivity index (χ1v) is 7.29. The van der Waals surface area contributed by atoms with Gasteiger partial charge in [0.1, 0.15) is 5.75 Å². The lowest BCUT2D eigenvalue weighted by atomic mass is 9.95. The molecule has 0 saturated carbocycles. The number of ether oxygens (including phenoxy) is 1. The molecule has 1 aliphatic rings. The average Bonchev–Trinajstić information content (AvgIpc) is 2.46. The monoisotopic (exact) mass is 288 g/mol. The van der Waals surface area contributed by atoms with Crippen molar-refractivity contribution in [1.29, 1.82) is 0 Å². The Kier molecular flexibility index (Phi) is 3.90. The first kappa shape index (κ1) is 13.4. The van der Waals surface area contributed by atoms with Crippen molar-refractivity contribution in [2.45, 2.75) is 32.2 Å². The van der Waals surface area contributed by atoms with E-state index < -0.39 is 0 Å². The van der Waals surface area contributed by atoms with Gasteiger partial charge in [-0.25, -0.2) is 4.98 Å². The molecule has 2 N–H and O–H groups in total. The number of aromatic nitrogens is 1. The van der Waals surface area contributed by atoms with Crippen LogP contribution in [0.15, 0.2) is 30.3 Å². The number of hydrogen-bond donors (Lipinski definition) is 1. The number of halogens is 1. The van der Waals surface area contributed by atoms with Crippen LogP contribution in [0, 0.1) is 0 Å². The van der Waals surface area contributed by atoms with Gasteiger partial charge in [0.2, 0.25) is 5.88 Å². The Labute approximate surface area is 123 Å². The molecule has 1 aromatic carbocycles. The van der Waals surface area contributed by atoms with Gasteiger partial charge in [0, 0.05) is 22.8 Å². The zero-order chi connectivity index (χ0) is 13.9. The van der Waals surface area contributed by atoms with E-state index in [0.717, 1.165) is 24.1 Å². The number of nitrogens with two attached hydrogens (primary N) is 1. The van der Waals surface area contributed by atoms with E-state index in [9.17, 15) is 0 Å². The molecule has 0 atom stereocenters. The largest absolute Gasteiger partial charge is 0.439 e. The minimum Gasteiger partial charge on any atom is -0.439 e. The second-order valence-corrected chi connectivity index (χ2v) is 5.47. The summed E-state index contributed by atoms with van der Waals surface area (Å²) in [7, 11) is 0. The van der Waals surface area contributed by atoms with Crippen LogP contribution in [-0.4, -0.2) is 4.98 Å². The van der Waals surface area contributed by atoms with E-state index in [1.54, 1.807) is 6.07 Å². The second kappa shape index (κ2) is 5.81. The minimum atomic E-state index is 0.427. The Morgan fingerprint density at radius 3 is 2.85 bits per heavy atom. The predicted octanol–water partition coefficient (Wildman–Crippen LogP) is 3.86. The van der Waals surface area contributed by atoms with E-state index in [1.165, 1.54) is 18.4 Å². The summed E-state index contributed by atoms with van der Waals surface area (Å²) in [5, 5.41) is 0.648. The molecule has 0 spiro atoms. The maximum Gasteiger partial charge on any atom is 0.223 e. The summed E-state index contributed by atoms with van der Waals surface area (Å²) < 4.78 is 5.87. The first-order chi connectivity index (χ1) is 9.76. The van der Waals surface area contributed by atoms with Gasteiger partial charge < -0.3 is 10.5 Å². The second-order valence-electron chi connectivity index (χ2n) is 5.03. The summed E-state index contributed by atoms with van der Waals surface area (Å²) in [4.78, 5) is 4.66. The van der Waals surface area contributed by atoms with Crippen molar-refractivity contribution in [1.82, 2.24) is 4.98 Å². The summed E-state index contributed by atoms with van der Waals surface area (Å²) in [6.07, 6.45) is 4.53. The summed E-state index contributed by atoms with van der Waals surface area (Å²) >= 11 is 5.97. The Morgan fingerprint density at radius 1 is 1.20 bits per heavy atom. The number of aryl methyl sites for hydroxylation is 2. The van der Waals surface area contributed by atoms with Gasteiger partial charge in [0.25, 0.3) is 0 Å². The summed E-state index contributed by atoms with van der Waals surface area (Å²) in [6, 6.07) is 9.47. The Balaban J connectivity index is 1.95. The van der Waals surface area contributed by atoms with E-state index >= 15 is 0 Å². The van der Waals surface area contributed by atoms with Crippen LogP contribution in [0.5, 0.6) is 11.6 Å². The van der Waals surface area contributed by atoms with Crippen molar-refractivity contribution in [2.75, 3.05) is 0 Å². The molecule has 0 bridgehead atoms. The van der Waals surface area contributed by atoms with Gasteiger partial charge in [-0.3, -0.25) is 0 Å². The summed E-state index contributed by atoms with van der Waals surface area (Å²) in [5.41, 5.74) is 9.23. The van der Waals surface area contributed by atoms with Crippen LogP contribution in [0.1, 0.15) is 29.7 Å². The van der Waals surface area contributed by atoms with Crippen LogP contribution in [0.2, 0.25) is 5.02 Å². The number of nitrogens with zero attached hydrogens (tertiary/aromatic N) is 1. The van der Waals surface area contributed by atoms with Gasteiger partial charge in [-0.05, 0) is 55.5 Å². The van der Waals surface area contributed by atoms with Crippen LogP contribution in [-0.2, 0) is 19.4 Å². The minimum absolute atomic E-state index is 0.427. The van der Waals surface area contributed by atoms with Crippen LogP contribution < -0.4 is 10.5 Å². The van der Waals surface area contributed by atoms with Crippen LogP contribution in [0.25, 0.3) is 0 Å². The van der Waals surface area contributed by atoms with Gasteiger partial charge in [0.15, 0.2) is 0 Å². The van der Waals surface area contributed by atoms with Crippen molar-refractivity contribution in [2.24, 2.45) is 5.73 Å². The standard InChI is InChI=1S/C16H17ClN2O/c17-13-5-3-6-14(9-13)20-16-12(10-18)8-11-4-1-2-7-15(11)19-16/h3,5-6,8-9H,1-2,4,7,10,18H2. The SMILES string of the molecule is NCc1cc2c(nc1Oc1cccc(Cl)c1)CCCC2. The van der Waals surface area contributed by atoms with Gasteiger partial charge in [0.05, 0.1) is 0 Å². The van der Waals surface area contributed by atoms with Crippen molar-refractivity contribution >= 4 is 11.6 Å². The van der Waals surface area contributed by atoms with Gasteiger partial charge in [-0.1, -0.05) is 17.7 Å². The van der Waals surface area contributed by atoms with E-state index in [0.29, 0.717) is 23.2 Å². The quantitative estimate of drug-likeness (QED) is 0.933. The highest BCUT2D eigenvalue weighted by Crippen LogP contribution is 2.29. The van der Waals surface area contributed by atoms with Crippen molar-refractivity contribution in [3.8, 4) is 11.6 Å². The lowest BCUT2D eigenvalue weighted by Gasteiger charge is -2.18. The molecule has 0 saturated heterocycles. The molecule has 2 aromatic rings. The zero-order valence-corrected chi connectivity index (χ0v) is 12.0. The molecule has 0 fully saturated rings. The number of benzene rings is 1. The first-order valence-electron chi connectivity index (χ1n) is 6.91. The van der Waals surface area contributed by atoms with Gasteiger partial charge >= 0.3 is 0 Å². The van der Waals surface area contributed by atoms with Crippen molar-refractivity contribution < 1.29 is 4.74 Å². The van der Waals surface area contributed by atoms with Gasteiger partial charge in [-0.15, -0.1) is 0 Å². The molecular weight excluding hydrogens is 272 g/mol. The lowest BCUT2D eigenvalue weighted by molar-refractivity contribution is 0.451. The highest BCUT2D eigenvalue weighted by Gasteiger charge is 2.15. The maximum absolute atomic E-state index is 5.97. The molecular formula is C16H17ClN2O. The summed E-state index contributed by atoms with van der Waals surface area (Å²) in [5.74, 6) is 1.30. The maximum atomic E-state index is 5.97. The Morgan fingerprint density at radius 2 is 2.05 bits per heavy atom. The molecule has 0 radical (unpaired) electrons. The fourth-order valence-corrected chi connectivity index (χ4v) is 2.72. The third-order valence-corrected chi connectivity index (χ3v) is 3.81. The molecule has 4 heteroatoms. The normalized spacial score (nSPS) is 13.9. The van der Waals surface area contributed by atoms with E-state index in [-0.39, 0.29) is 0 Å². The molecule has 1 aromatic heterocycles. The van der Waals surface area contributed by atoms with E-state index in [2.05, 4.69) is 11.1 Å². The Bertz CT molecular complexity index is 628. The van der Waals surface area contributed by atoms with Crippen molar-refractivity contribution in [3.05, 3.63) is 52.2 Å². The molecule has 20 heavy (non-hydrogen) atoms. The fraction of sp³-hybridized carbons (Fsp3) is 0.312. The number of fused-ring (bicyclic) bond motifs is 1. The third-order valence-electron chi connectivity index (χ3n) is 3.57. The van der Waals surface area contributed by atoms with Crippen LogP contribution in [0.3, 0.4) is 0 Å². The van der Waals surface area contributed by atoms with Gasteiger partial charge in [-0.2, -0.15) is 0 Å².